The van der Waals surface area contributed by atoms with Crippen molar-refractivity contribution in [3.63, 3.8) is 0 Å². The Morgan fingerprint density at radius 2 is 1.50 bits per heavy atom. The van der Waals surface area contributed by atoms with Crippen LogP contribution in [0.15, 0.2) is 91.0 Å². The highest BCUT2D eigenvalue weighted by Crippen LogP contribution is 2.39. The van der Waals surface area contributed by atoms with Crippen molar-refractivity contribution < 1.29 is 9.90 Å². The molecule has 136 valence electrons. The third-order valence-electron chi connectivity index (χ3n) is 5.16. The van der Waals surface area contributed by atoms with Crippen LogP contribution in [0.25, 0.3) is 10.8 Å². The van der Waals surface area contributed by atoms with E-state index in [-0.39, 0.29) is 17.8 Å². The van der Waals surface area contributed by atoms with Crippen LogP contribution in [0.5, 0.6) is 5.75 Å². The van der Waals surface area contributed by atoms with Gasteiger partial charge in [-0.25, -0.2) is 0 Å². The molecule has 0 saturated carbocycles. The number of hydrogen-bond donors (Lipinski definition) is 2. The molecule has 0 aliphatic carbocycles. The molecule has 0 aromatic heterocycles. The van der Waals surface area contributed by atoms with Crippen LogP contribution in [0, 0.1) is 0 Å². The standard InChI is InChI=1S/C24H18N2O2/c27-18-14-12-17(13-15-18)23-25-21-10-4-3-9-20(21)24(28)26(23)22-11-5-7-16-6-1-2-8-19(16)22/h1-15,23,25,27H. The van der Waals surface area contributed by atoms with E-state index in [4.69, 9.17) is 0 Å². The minimum Gasteiger partial charge on any atom is -0.508 e. The fraction of sp³-hybridized carbons (Fsp3) is 0.0417. The topological polar surface area (TPSA) is 52.6 Å². The highest BCUT2D eigenvalue weighted by atomic mass is 16.3. The molecule has 1 amide bonds. The largest absolute Gasteiger partial charge is 0.508 e. The SMILES string of the molecule is O=C1c2ccccc2NC(c2ccc(O)cc2)N1c1cccc2ccccc12. The third-order valence-corrected chi connectivity index (χ3v) is 5.16. The summed E-state index contributed by atoms with van der Waals surface area (Å²) in [5.74, 6) is 0.145. The van der Waals surface area contributed by atoms with Crippen LogP contribution in [-0.2, 0) is 0 Å². The number of benzene rings is 4. The second kappa shape index (κ2) is 6.43. The Labute approximate surface area is 162 Å². The van der Waals surface area contributed by atoms with E-state index in [0.717, 1.165) is 27.7 Å². The van der Waals surface area contributed by atoms with Gasteiger partial charge in [0.1, 0.15) is 11.9 Å². The van der Waals surface area contributed by atoms with Gasteiger partial charge < -0.3 is 10.4 Å². The molecule has 1 unspecified atom stereocenters. The molecule has 1 heterocycles. The first-order valence-electron chi connectivity index (χ1n) is 9.18. The molecular weight excluding hydrogens is 348 g/mol. The Bertz CT molecular complexity index is 1180. The Morgan fingerprint density at radius 1 is 0.786 bits per heavy atom. The number of anilines is 2. The van der Waals surface area contributed by atoms with Crippen molar-refractivity contribution >= 4 is 28.1 Å². The van der Waals surface area contributed by atoms with E-state index in [2.05, 4.69) is 5.32 Å². The van der Waals surface area contributed by atoms with E-state index in [1.54, 1.807) is 17.0 Å². The van der Waals surface area contributed by atoms with Gasteiger partial charge in [-0.2, -0.15) is 0 Å². The van der Waals surface area contributed by atoms with Crippen LogP contribution in [0.2, 0.25) is 0 Å². The number of para-hydroxylation sites is 1. The average Bonchev–Trinajstić information content (AvgIpc) is 2.74. The first-order valence-corrected chi connectivity index (χ1v) is 9.18. The summed E-state index contributed by atoms with van der Waals surface area (Å²) in [7, 11) is 0. The highest BCUT2D eigenvalue weighted by Gasteiger charge is 2.34. The smallest absolute Gasteiger partial charge is 0.262 e. The molecule has 0 bridgehead atoms. The lowest BCUT2D eigenvalue weighted by molar-refractivity contribution is 0.0975. The number of fused-ring (bicyclic) bond motifs is 2. The van der Waals surface area contributed by atoms with Crippen molar-refractivity contribution in [3.8, 4) is 5.75 Å². The van der Waals surface area contributed by atoms with E-state index in [1.165, 1.54) is 0 Å². The second-order valence-corrected chi connectivity index (χ2v) is 6.86. The lowest BCUT2D eigenvalue weighted by atomic mass is 10.0. The fourth-order valence-electron chi connectivity index (χ4n) is 3.81. The minimum atomic E-state index is -0.381. The fourth-order valence-corrected chi connectivity index (χ4v) is 3.81. The van der Waals surface area contributed by atoms with Crippen molar-refractivity contribution in [2.45, 2.75) is 6.17 Å². The predicted molar refractivity (Wildman–Crippen MR) is 112 cm³/mol. The van der Waals surface area contributed by atoms with Crippen molar-refractivity contribution in [1.82, 2.24) is 0 Å². The highest BCUT2D eigenvalue weighted by molar-refractivity contribution is 6.15. The van der Waals surface area contributed by atoms with E-state index < -0.39 is 0 Å². The van der Waals surface area contributed by atoms with Crippen molar-refractivity contribution in [2.24, 2.45) is 0 Å². The van der Waals surface area contributed by atoms with Crippen LogP contribution in [-0.4, -0.2) is 11.0 Å². The summed E-state index contributed by atoms with van der Waals surface area (Å²) in [5, 5.41) is 15.3. The number of hydrogen-bond acceptors (Lipinski definition) is 3. The lowest BCUT2D eigenvalue weighted by Gasteiger charge is -2.38. The number of phenols is 1. The van der Waals surface area contributed by atoms with E-state index in [1.807, 2.05) is 78.9 Å². The summed E-state index contributed by atoms with van der Waals surface area (Å²) in [6, 6.07) is 28.6. The Morgan fingerprint density at radius 3 is 2.36 bits per heavy atom. The summed E-state index contributed by atoms with van der Waals surface area (Å²) < 4.78 is 0. The number of rotatable bonds is 2. The molecule has 0 saturated heterocycles. The van der Waals surface area contributed by atoms with Gasteiger partial charge in [0.05, 0.1) is 11.3 Å². The molecule has 0 spiro atoms. The molecular formula is C24H18N2O2. The molecule has 0 fully saturated rings. The summed E-state index contributed by atoms with van der Waals surface area (Å²) in [5.41, 5.74) is 3.20. The van der Waals surface area contributed by atoms with E-state index in [9.17, 15) is 9.90 Å². The zero-order valence-corrected chi connectivity index (χ0v) is 15.0. The third kappa shape index (κ3) is 2.58. The van der Waals surface area contributed by atoms with Crippen molar-refractivity contribution in [3.05, 3.63) is 102 Å². The van der Waals surface area contributed by atoms with Crippen LogP contribution < -0.4 is 10.2 Å². The molecule has 1 atom stereocenters. The molecule has 2 N–H and O–H groups in total. The molecule has 4 aromatic rings. The number of nitrogens with zero attached hydrogens (tertiary/aromatic N) is 1. The zero-order chi connectivity index (χ0) is 19.1. The maximum absolute atomic E-state index is 13.5. The predicted octanol–water partition coefficient (Wildman–Crippen LogP) is 5.32. The number of carbonyl (C=O) groups excluding carboxylic acids is 1. The zero-order valence-electron chi connectivity index (χ0n) is 15.0. The van der Waals surface area contributed by atoms with Gasteiger partial charge >= 0.3 is 0 Å². The molecule has 5 rings (SSSR count). The number of carbonyl (C=O) groups is 1. The number of amides is 1. The molecule has 4 heteroatoms. The van der Waals surface area contributed by atoms with Gasteiger partial charge in [-0.3, -0.25) is 9.69 Å². The Balaban J connectivity index is 1.74. The summed E-state index contributed by atoms with van der Waals surface area (Å²) in [6.07, 6.45) is -0.381. The summed E-state index contributed by atoms with van der Waals surface area (Å²) in [6.45, 7) is 0. The van der Waals surface area contributed by atoms with Gasteiger partial charge in [0, 0.05) is 11.1 Å². The monoisotopic (exact) mass is 366 g/mol. The van der Waals surface area contributed by atoms with Crippen LogP contribution >= 0.6 is 0 Å². The van der Waals surface area contributed by atoms with E-state index >= 15 is 0 Å². The van der Waals surface area contributed by atoms with Gasteiger partial charge in [0.15, 0.2) is 0 Å². The normalized spacial score (nSPS) is 15.9. The number of phenolic OH excluding ortho intramolecular Hbond substituents is 1. The van der Waals surface area contributed by atoms with Gasteiger partial charge in [-0.05, 0) is 41.3 Å². The first-order chi connectivity index (χ1) is 13.7. The van der Waals surface area contributed by atoms with E-state index in [0.29, 0.717) is 5.56 Å². The summed E-state index contributed by atoms with van der Waals surface area (Å²) >= 11 is 0. The quantitative estimate of drug-likeness (QED) is 0.505. The maximum atomic E-state index is 13.5. The first kappa shape index (κ1) is 16.4. The van der Waals surface area contributed by atoms with Crippen molar-refractivity contribution in [2.75, 3.05) is 10.2 Å². The molecule has 4 aromatic carbocycles. The van der Waals surface area contributed by atoms with Crippen molar-refractivity contribution in [1.29, 1.82) is 0 Å². The Kier molecular flexibility index (Phi) is 3.76. The minimum absolute atomic E-state index is 0.0521. The molecule has 28 heavy (non-hydrogen) atoms. The van der Waals surface area contributed by atoms with Gasteiger partial charge in [0.25, 0.3) is 5.91 Å². The van der Waals surface area contributed by atoms with Gasteiger partial charge in [-0.1, -0.05) is 60.7 Å². The van der Waals surface area contributed by atoms with Crippen LogP contribution in [0.4, 0.5) is 11.4 Å². The molecule has 1 aliphatic heterocycles. The number of nitrogens with one attached hydrogen (secondary N) is 1. The summed E-state index contributed by atoms with van der Waals surface area (Å²) in [4.78, 5) is 15.4. The maximum Gasteiger partial charge on any atom is 0.262 e. The molecule has 1 aliphatic rings. The lowest BCUT2D eigenvalue weighted by Crippen LogP contribution is -2.43. The average molecular weight is 366 g/mol. The number of aromatic hydroxyl groups is 1. The van der Waals surface area contributed by atoms with Gasteiger partial charge in [0.2, 0.25) is 0 Å². The second-order valence-electron chi connectivity index (χ2n) is 6.86. The van der Waals surface area contributed by atoms with Crippen LogP contribution in [0.1, 0.15) is 22.1 Å². The molecule has 0 radical (unpaired) electrons. The van der Waals surface area contributed by atoms with Crippen LogP contribution in [0.3, 0.4) is 0 Å². The molecule has 4 nitrogen and oxygen atoms in total. The Hall–Kier alpha value is -3.79. The van der Waals surface area contributed by atoms with Gasteiger partial charge in [-0.15, -0.1) is 0 Å².